The van der Waals surface area contributed by atoms with Gasteiger partial charge >= 0.3 is 0 Å². The minimum absolute atomic E-state index is 0.0109. The van der Waals surface area contributed by atoms with Gasteiger partial charge in [-0.15, -0.1) is 10.2 Å². The number of fused-ring (bicyclic) bond motifs is 2. The predicted molar refractivity (Wildman–Crippen MR) is 179 cm³/mol. The second kappa shape index (κ2) is 13.8. The Morgan fingerprint density at radius 3 is 2.53 bits per heavy atom. The van der Waals surface area contributed by atoms with E-state index < -0.39 is 0 Å². The summed E-state index contributed by atoms with van der Waals surface area (Å²) < 4.78 is 23.2. The van der Waals surface area contributed by atoms with Crippen LogP contribution >= 0.6 is 0 Å². The molecule has 3 aromatic heterocycles. The summed E-state index contributed by atoms with van der Waals surface area (Å²) in [6.45, 7) is 1.78. The van der Waals surface area contributed by atoms with Crippen molar-refractivity contribution in [2.24, 2.45) is 0 Å². The lowest BCUT2D eigenvalue weighted by Gasteiger charge is -2.43. The molecule has 3 aliphatic rings. The summed E-state index contributed by atoms with van der Waals surface area (Å²) in [5.74, 6) is 2.46. The van der Waals surface area contributed by atoms with Crippen molar-refractivity contribution >= 4 is 23.3 Å². The molecule has 0 amide bonds. The highest BCUT2D eigenvalue weighted by Crippen LogP contribution is 2.40. The molecule has 4 aromatic rings. The minimum Gasteiger partial charge on any atom is -0.489 e. The van der Waals surface area contributed by atoms with Gasteiger partial charge in [-0.3, -0.25) is 4.98 Å². The fourth-order valence-electron chi connectivity index (χ4n) is 6.65. The van der Waals surface area contributed by atoms with Gasteiger partial charge in [0.15, 0.2) is 12.6 Å². The number of aromatic nitrogens is 4. The zero-order valence-corrected chi connectivity index (χ0v) is 26.3. The highest BCUT2D eigenvalue weighted by Gasteiger charge is 2.41. The Kier molecular flexibility index (Phi) is 9.02. The van der Waals surface area contributed by atoms with Crippen LogP contribution in [0.3, 0.4) is 0 Å². The predicted octanol–water partition coefficient (Wildman–Crippen LogP) is 4.35. The molecule has 2 saturated heterocycles. The van der Waals surface area contributed by atoms with E-state index in [1.165, 1.54) is 0 Å². The first kappa shape index (κ1) is 30.7. The highest BCUT2D eigenvalue weighted by molar-refractivity contribution is 5.75. The van der Waals surface area contributed by atoms with E-state index >= 15 is 0 Å². The van der Waals surface area contributed by atoms with Crippen LogP contribution in [0.5, 0.6) is 17.4 Å². The molecular formula is C35H39N7O5. The number of nitrogens with zero attached hydrogens (tertiary/aromatic N) is 6. The van der Waals surface area contributed by atoms with Crippen molar-refractivity contribution in [1.29, 1.82) is 0 Å². The van der Waals surface area contributed by atoms with Crippen LogP contribution in [0.15, 0.2) is 73.1 Å². The van der Waals surface area contributed by atoms with Crippen LogP contribution in [0, 0.1) is 0 Å². The number of nitrogens with two attached hydrogens (primary N) is 1. The summed E-state index contributed by atoms with van der Waals surface area (Å²) in [5, 5.41) is 17.7. The van der Waals surface area contributed by atoms with Crippen molar-refractivity contribution in [1.82, 2.24) is 20.2 Å². The summed E-state index contributed by atoms with van der Waals surface area (Å²) >= 11 is 0. The van der Waals surface area contributed by atoms with Gasteiger partial charge in [-0.2, -0.15) is 0 Å². The van der Waals surface area contributed by atoms with E-state index in [1.54, 1.807) is 25.5 Å². The lowest BCUT2D eigenvalue weighted by Crippen LogP contribution is -2.54. The maximum Gasteiger partial charge on any atom is 0.215 e. The van der Waals surface area contributed by atoms with Crippen LogP contribution < -0.4 is 29.7 Å². The molecule has 2 unspecified atom stereocenters. The van der Waals surface area contributed by atoms with E-state index in [2.05, 4.69) is 42.1 Å². The molecule has 12 heteroatoms. The number of ether oxygens (including phenoxy) is 4. The fraction of sp³-hybridized carbons (Fsp3) is 0.371. The van der Waals surface area contributed by atoms with Crippen LogP contribution in [-0.2, 0) is 4.74 Å². The van der Waals surface area contributed by atoms with Crippen LogP contribution in [0.25, 0.3) is 17.3 Å². The molecule has 0 spiro atoms. The zero-order chi connectivity index (χ0) is 32.2. The van der Waals surface area contributed by atoms with Gasteiger partial charge in [0.25, 0.3) is 0 Å². The third-order valence-electron chi connectivity index (χ3n) is 8.93. The Labute approximate surface area is 273 Å². The normalized spacial score (nSPS) is 21.9. The maximum atomic E-state index is 8.93. The second-order valence-electron chi connectivity index (χ2n) is 12.1. The van der Waals surface area contributed by atoms with Crippen molar-refractivity contribution in [3.8, 4) is 28.6 Å². The Bertz CT molecular complexity index is 1680. The van der Waals surface area contributed by atoms with Gasteiger partial charge in [-0.1, -0.05) is 18.2 Å². The number of rotatable bonds is 12. The van der Waals surface area contributed by atoms with E-state index in [9.17, 15) is 0 Å². The number of anilines is 3. The molecule has 2 bridgehead atoms. The Morgan fingerprint density at radius 1 is 0.957 bits per heavy atom. The molecule has 2 aliphatic heterocycles. The topological polar surface area (TPSA) is 141 Å². The summed E-state index contributed by atoms with van der Waals surface area (Å²) in [6, 6.07) is 18.3. The molecule has 2 atom stereocenters. The summed E-state index contributed by atoms with van der Waals surface area (Å²) in [6.07, 6.45) is 10.9. The highest BCUT2D eigenvalue weighted by atomic mass is 16.7. The van der Waals surface area contributed by atoms with Crippen molar-refractivity contribution < 1.29 is 24.1 Å². The lowest BCUT2D eigenvalue weighted by atomic mass is 9.92. The molecule has 244 valence electrons. The second-order valence-corrected chi connectivity index (χ2v) is 12.1. The summed E-state index contributed by atoms with van der Waals surface area (Å²) in [5.41, 5.74) is 10.7. The maximum absolute atomic E-state index is 8.93. The first-order valence-corrected chi connectivity index (χ1v) is 16.0. The molecule has 7 rings (SSSR count). The Balaban J connectivity index is 0.978. The van der Waals surface area contributed by atoms with Crippen molar-refractivity contribution in [3.05, 3.63) is 78.8 Å². The number of hydrogen-bond donors (Lipinski definition) is 2. The quantitative estimate of drug-likeness (QED) is 0.213. The van der Waals surface area contributed by atoms with Crippen molar-refractivity contribution in [2.45, 2.75) is 50.0 Å². The number of para-hydroxylation sites is 1. The third kappa shape index (κ3) is 6.79. The molecule has 5 heterocycles. The molecule has 47 heavy (non-hydrogen) atoms. The number of hydrogen-bond acceptors (Lipinski definition) is 12. The number of aliphatic hydroxyl groups excluding tert-OH is 1. The number of aliphatic hydroxyl groups is 1. The van der Waals surface area contributed by atoms with Crippen LogP contribution in [-0.4, -0.2) is 83.2 Å². The van der Waals surface area contributed by atoms with Crippen molar-refractivity contribution in [3.63, 3.8) is 0 Å². The number of pyridine rings is 2. The van der Waals surface area contributed by atoms with E-state index in [1.807, 2.05) is 48.7 Å². The summed E-state index contributed by atoms with van der Waals surface area (Å²) in [7, 11) is 1.60. The standard InChI is InChI=1S/C35H39N7O5/c1-44-22-45-33-7-3-2-6-30(33)31-18-32(35(36)40-39-31)41-20-25-9-10-26(21-41)42(25)24-12-13-37-34(15-24)47-29-16-28(17-29)46-27-11-8-23(38-19-27)5-4-14-43/h2-8,11-13,15,18-19,25-26,28-29,43H,9-10,14,16-17,20-22H2,1H3,(H2,36,40)/b5-4+. The van der Waals surface area contributed by atoms with Crippen molar-refractivity contribution in [2.75, 3.05) is 49.1 Å². The van der Waals surface area contributed by atoms with Crippen LogP contribution in [0.1, 0.15) is 31.4 Å². The van der Waals surface area contributed by atoms with Gasteiger partial charge in [0, 0.05) is 68.6 Å². The first-order valence-electron chi connectivity index (χ1n) is 16.0. The lowest BCUT2D eigenvalue weighted by molar-refractivity contribution is 0.00210. The SMILES string of the molecule is COCOc1ccccc1-c1cc(N2CC3CCC(C2)N3c2ccnc(OC3CC(Oc4ccc(/C=C/CO)nc4)C3)c2)c(N)nn1. The minimum atomic E-state index is -0.0109. The van der Waals surface area contributed by atoms with Gasteiger partial charge in [0.2, 0.25) is 5.88 Å². The van der Waals surface area contributed by atoms with Crippen LogP contribution in [0.2, 0.25) is 0 Å². The average Bonchev–Trinajstić information content (AvgIpc) is 3.35. The molecule has 1 aromatic carbocycles. The molecule has 3 N–H and O–H groups in total. The molecule has 0 radical (unpaired) electrons. The van der Waals surface area contributed by atoms with Gasteiger partial charge in [0.1, 0.15) is 23.7 Å². The van der Waals surface area contributed by atoms with Gasteiger partial charge in [-0.05, 0) is 55.3 Å². The first-order chi connectivity index (χ1) is 23.1. The monoisotopic (exact) mass is 637 g/mol. The van der Waals surface area contributed by atoms with E-state index in [-0.39, 0.29) is 25.6 Å². The van der Waals surface area contributed by atoms with Gasteiger partial charge in [0.05, 0.1) is 29.9 Å². The molecule has 1 aliphatic carbocycles. The van der Waals surface area contributed by atoms with Crippen LogP contribution in [0.4, 0.5) is 17.2 Å². The smallest absolute Gasteiger partial charge is 0.215 e. The number of methoxy groups -OCH3 is 1. The van der Waals surface area contributed by atoms with Gasteiger partial charge < -0.3 is 39.6 Å². The average molecular weight is 638 g/mol. The molecule has 3 fully saturated rings. The molecule has 12 nitrogen and oxygen atoms in total. The van der Waals surface area contributed by atoms with Gasteiger partial charge in [-0.25, -0.2) is 4.98 Å². The third-order valence-corrected chi connectivity index (χ3v) is 8.93. The van der Waals surface area contributed by atoms with E-state index in [4.69, 9.17) is 29.8 Å². The Morgan fingerprint density at radius 2 is 1.77 bits per heavy atom. The Hall–Kier alpha value is -4.94. The van der Waals surface area contributed by atoms with E-state index in [0.29, 0.717) is 35.2 Å². The molecular weight excluding hydrogens is 598 g/mol. The number of piperazine rings is 1. The fourth-order valence-corrected chi connectivity index (χ4v) is 6.65. The molecule has 1 saturated carbocycles. The summed E-state index contributed by atoms with van der Waals surface area (Å²) in [4.78, 5) is 13.7. The van der Waals surface area contributed by atoms with E-state index in [0.717, 1.165) is 67.2 Å². The zero-order valence-electron chi connectivity index (χ0n) is 26.3. The largest absolute Gasteiger partial charge is 0.489 e. The number of benzene rings is 1. The number of nitrogen functional groups attached to an aromatic ring is 1.